The van der Waals surface area contributed by atoms with Gasteiger partial charge in [-0.15, -0.1) is 0 Å². The topological polar surface area (TPSA) is 20.2 Å². The second-order valence-corrected chi connectivity index (χ2v) is 6.59. The average Bonchev–Trinajstić information content (AvgIpc) is 2.42. The predicted octanol–water partition coefficient (Wildman–Crippen LogP) is 4.86. The Labute approximate surface area is 129 Å². The van der Waals surface area contributed by atoms with E-state index in [0.717, 1.165) is 0 Å². The Bertz CT molecular complexity index is 489. The number of rotatable bonds is 3. The maximum atomic E-state index is 13.7. The summed E-state index contributed by atoms with van der Waals surface area (Å²) in [5, 5.41) is 10.2. The van der Waals surface area contributed by atoms with Gasteiger partial charge in [0.1, 0.15) is 5.82 Å². The first-order valence-corrected chi connectivity index (χ1v) is 7.75. The van der Waals surface area contributed by atoms with Crippen LogP contribution in [0.4, 0.5) is 17.6 Å². The van der Waals surface area contributed by atoms with Crippen LogP contribution in [0.5, 0.6) is 0 Å². The van der Waals surface area contributed by atoms with Crippen LogP contribution in [0.1, 0.15) is 31.2 Å². The zero-order valence-electron chi connectivity index (χ0n) is 11.3. The third-order valence-corrected chi connectivity index (χ3v) is 4.65. The molecule has 3 atom stereocenters. The van der Waals surface area contributed by atoms with Crippen molar-refractivity contribution < 1.29 is 22.7 Å². The molecule has 3 unspecified atom stereocenters. The molecule has 2 rings (SSSR count). The van der Waals surface area contributed by atoms with Crippen LogP contribution < -0.4 is 0 Å². The Morgan fingerprint density at radius 2 is 2.00 bits per heavy atom. The standard InChI is InChI=1S/C15H17BrF4O/c16-12-4-5-13(17)10(7-12)8-14(21)9-2-1-3-11(6-9)15(18,19)20/h4-5,7,9,11,14,21H,1-3,6,8H2. The van der Waals surface area contributed by atoms with E-state index < -0.39 is 29.9 Å². The van der Waals surface area contributed by atoms with Gasteiger partial charge in [0.05, 0.1) is 12.0 Å². The molecular weight excluding hydrogens is 352 g/mol. The molecule has 0 aliphatic heterocycles. The summed E-state index contributed by atoms with van der Waals surface area (Å²) >= 11 is 3.22. The zero-order valence-corrected chi connectivity index (χ0v) is 12.9. The first-order chi connectivity index (χ1) is 9.77. The molecule has 0 saturated heterocycles. The molecule has 1 aromatic carbocycles. The number of aliphatic hydroxyl groups is 1. The first kappa shape index (κ1) is 16.7. The molecule has 1 aliphatic rings. The van der Waals surface area contributed by atoms with Crippen molar-refractivity contribution in [3.63, 3.8) is 0 Å². The maximum absolute atomic E-state index is 13.7. The molecule has 0 radical (unpaired) electrons. The summed E-state index contributed by atoms with van der Waals surface area (Å²) in [7, 11) is 0. The van der Waals surface area contributed by atoms with Crippen molar-refractivity contribution >= 4 is 15.9 Å². The molecule has 1 saturated carbocycles. The number of benzene rings is 1. The molecular formula is C15H17BrF4O. The highest BCUT2D eigenvalue weighted by Gasteiger charge is 2.43. The Morgan fingerprint density at radius 1 is 1.29 bits per heavy atom. The normalized spacial score (nSPS) is 24.9. The van der Waals surface area contributed by atoms with Gasteiger partial charge in [-0.1, -0.05) is 22.4 Å². The van der Waals surface area contributed by atoms with Crippen molar-refractivity contribution in [3.8, 4) is 0 Å². The largest absolute Gasteiger partial charge is 0.392 e. The van der Waals surface area contributed by atoms with Crippen LogP contribution in [0.2, 0.25) is 0 Å². The number of halogens is 5. The van der Waals surface area contributed by atoms with Gasteiger partial charge < -0.3 is 5.11 Å². The van der Waals surface area contributed by atoms with Crippen molar-refractivity contribution in [1.29, 1.82) is 0 Å². The summed E-state index contributed by atoms with van der Waals surface area (Å²) in [4.78, 5) is 0. The molecule has 0 heterocycles. The lowest BCUT2D eigenvalue weighted by molar-refractivity contribution is -0.188. The number of aliphatic hydroxyl groups excluding tert-OH is 1. The lowest BCUT2D eigenvalue weighted by Crippen LogP contribution is -2.34. The van der Waals surface area contributed by atoms with Gasteiger partial charge in [0.15, 0.2) is 0 Å². The van der Waals surface area contributed by atoms with Crippen LogP contribution >= 0.6 is 15.9 Å². The molecule has 1 fully saturated rings. The number of alkyl halides is 3. The molecule has 118 valence electrons. The highest BCUT2D eigenvalue weighted by Crippen LogP contribution is 2.41. The number of hydrogen-bond donors (Lipinski definition) is 1. The molecule has 0 spiro atoms. The van der Waals surface area contributed by atoms with E-state index in [1.54, 1.807) is 12.1 Å². The summed E-state index contributed by atoms with van der Waals surface area (Å²) in [6.45, 7) is 0. The van der Waals surface area contributed by atoms with E-state index in [1.165, 1.54) is 6.07 Å². The first-order valence-electron chi connectivity index (χ1n) is 6.96. The summed E-state index contributed by atoms with van der Waals surface area (Å²) in [5.74, 6) is -2.22. The van der Waals surface area contributed by atoms with E-state index in [1.807, 2.05) is 0 Å². The molecule has 0 aromatic heterocycles. The van der Waals surface area contributed by atoms with Crippen molar-refractivity contribution in [2.75, 3.05) is 0 Å². The van der Waals surface area contributed by atoms with E-state index in [4.69, 9.17) is 0 Å². The molecule has 0 bridgehead atoms. The van der Waals surface area contributed by atoms with E-state index in [9.17, 15) is 22.7 Å². The van der Waals surface area contributed by atoms with Gasteiger partial charge in [-0.2, -0.15) is 13.2 Å². The van der Waals surface area contributed by atoms with Gasteiger partial charge in [0.25, 0.3) is 0 Å². The van der Waals surface area contributed by atoms with Gasteiger partial charge in [0.2, 0.25) is 0 Å². The van der Waals surface area contributed by atoms with Gasteiger partial charge in [0, 0.05) is 10.9 Å². The maximum Gasteiger partial charge on any atom is 0.391 e. The summed E-state index contributed by atoms with van der Waals surface area (Å²) in [6.07, 6.45) is -4.05. The quantitative estimate of drug-likeness (QED) is 0.755. The summed E-state index contributed by atoms with van der Waals surface area (Å²) in [6, 6.07) is 4.39. The highest BCUT2D eigenvalue weighted by atomic mass is 79.9. The fourth-order valence-corrected chi connectivity index (χ4v) is 3.37. The van der Waals surface area contributed by atoms with Gasteiger partial charge in [-0.05, 0) is 48.9 Å². The predicted molar refractivity (Wildman–Crippen MR) is 75.3 cm³/mol. The highest BCUT2D eigenvalue weighted by molar-refractivity contribution is 9.10. The Morgan fingerprint density at radius 3 is 2.67 bits per heavy atom. The zero-order chi connectivity index (χ0) is 15.6. The minimum Gasteiger partial charge on any atom is -0.392 e. The van der Waals surface area contributed by atoms with E-state index in [0.29, 0.717) is 22.9 Å². The Hall–Kier alpha value is -0.620. The molecule has 0 amide bonds. The van der Waals surface area contributed by atoms with Crippen LogP contribution in [0.3, 0.4) is 0 Å². The lowest BCUT2D eigenvalue weighted by atomic mass is 9.77. The average molecular weight is 369 g/mol. The van der Waals surface area contributed by atoms with E-state index in [-0.39, 0.29) is 19.3 Å². The Kier molecular flexibility index (Phi) is 5.30. The fraction of sp³-hybridized carbons (Fsp3) is 0.600. The third kappa shape index (κ3) is 4.42. The molecule has 21 heavy (non-hydrogen) atoms. The molecule has 6 heteroatoms. The minimum absolute atomic E-state index is 0.0422. The molecule has 1 aliphatic carbocycles. The number of hydrogen-bond acceptors (Lipinski definition) is 1. The SMILES string of the molecule is OC(Cc1cc(Br)ccc1F)C1CCCC(C(F)(F)F)C1. The van der Waals surface area contributed by atoms with Crippen molar-refractivity contribution in [2.45, 2.75) is 44.4 Å². The second-order valence-electron chi connectivity index (χ2n) is 5.67. The van der Waals surface area contributed by atoms with Crippen molar-refractivity contribution in [1.82, 2.24) is 0 Å². The molecule has 1 aromatic rings. The van der Waals surface area contributed by atoms with E-state index >= 15 is 0 Å². The Balaban J connectivity index is 2.02. The van der Waals surface area contributed by atoms with Crippen LogP contribution in [0.25, 0.3) is 0 Å². The van der Waals surface area contributed by atoms with E-state index in [2.05, 4.69) is 15.9 Å². The van der Waals surface area contributed by atoms with Gasteiger partial charge in [-0.3, -0.25) is 0 Å². The second kappa shape index (κ2) is 6.65. The van der Waals surface area contributed by atoms with Crippen LogP contribution in [-0.2, 0) is 6.42 Å². The molecule has 1 N–H and O–H groups in total. The van der Waals surface area contributed by atoms with Crippen LogP contribution in [-0.4, -0.2) is 17.4 Å². The summed E-state index contributed by atoms with van der Waals surface area (Å²) < 4.78 is 52.7. The smallest absolute Gasteiger partial charge is 0.391 e. The fourth-order valence-electron chi connectivity index (χ4n) is 2.97. The van der Waals surface area contributed by atoms with Crippen molar-refractivity contribution in [2.24, 2.45) is 11.8 Å². The summed E-state index contributed by atoms with van der Waals surface area (Å²) in [5.41, 5.74) is 0.325. The molecule has 1 nitrogen and oxygen atoms in total. The van der Waals surface area contributed by atoms with Gasteiger partial charge >= 0.3 is 6.18 Å². The minimum atomic E-state index is -4.21. The van der Waals surface area contributed by atoms with Gasteiger partial charge in [-0.25, -0.2) is 4.39 Å². The monoisotopic (exact) mass is 368 g/mol. The lowest BCUT2D eigenvalue weighted by Gasteiger charge is -2.33. The third-order valence-electron chi connectivity index (χ3n) is 4.16. The van der Waals surface area contributed by atoms with Crippen LogP contribution in [0.15, 0.2) is 22.7 Å². The van der Waals surface area contributed by atoms with Crippen molar-refractivity contribution in [3.05, 3.63) is 34.1 Å². The van der Waals surface area contributed by atoms with Crippen LogP contribution in [0, 0.1) is 17.7 Å².